The second kappa shape index (κ2) is 6.55. The molecule has 3 nitrogen and oxygen atoms in total. The van der Waals surface area contributed by atoms with Gasteiger partial charge in [0, 0.05) is 43.3 Å². The van der Waals surface area contributed by atoms with Gasteiger partial charge in [-0.25, -0.2) is 0 Å². The molecule has 0 aromatic rings. The Kier molecular flexibility index (Phi) is 4.92. The molecule has 3 rings (SSSR count). The molecule has 3 heteroatoms. The maximum absolute atomic E-state index is 3.90. The van der Waals surface area contributed by atoms with Crippen LogP contribution in [0, 0.1) is 0 Å². The zero-order valence-corrected chi connectivity index (χ0v) is 14.4. The normalized spacial score (nSPS) is 37.6. The monoisotopic (exact) mass is 293 g/mol. The largest absolute Gasteiger partial charge is 0.308 e. The molecule has 0 radical (unpaired) electrons. The van der Waals surface area contributed by atoms with Crippen molar-refractivity contribution >= 4 is 0 Å². The maximum Gasteiger partial charge on any atom is 0.0304 e. The molecule has 3 fully saturated rings. The van der Waals surface area contributed by atoms with Crippen LogP contribution in [-0.2, 0) is 0 Å². The Morgan fingerprint density at radius 2 is 1.81 bits per heavy atom. The topological polar surface area (TPSA) is 18.5 Å². The summed E-state index contributed by atoms with van der Waals surface area (Å²) in [6, 6.07) is 2.44. The number of rotatable bonds is 4. The first-order valence-corrected chi connectivity index (χ1v) is 9.48. The molecule has 3 unspecified atom stereocenters. The van der Waals surface area contributed by atoms with E-state index in [1.54, 1.807) is 0 Å². The van der Waals surface area contributed by atoms with E-state index in [-0.39, 0.29) is 0 Å². The van der Waals surface area contributed by atoms with Crippen molar-refractivity contribution in [1.29, 1.82) is 0 Å². The highest BCUT2D eigenvalue weighted by molar-refractivity contribution is 5.03. The second-order valence-electron chi connectivity index (χ2n) is 7.56. The van der Waals surface area contributed by atoms with Crippen LogP contribution >= 0.6 is 0 Å². The van der Waals surface area contributed by atoms with E-state index in [1.807, 2.05) is 0 Å². The van der Waals surface area contributed by atoms with Gasteiger partial charge in [-0.15, -0.1) is 0 Å². The quantitative estimate of drug-likeness (QED) is 0.860. The van der Waals surface area contributed by atoms with E-state index in [4.69, 9.17) is 0 Å². The van der Waals surface area contributed by atoms with Crippen LogP contribution in [0.25, 0.3) is 0 Å². The number of fused-ring (bicyclic) bond motifs is 1. The first-order valence-electron chi connectivity index (χ1n) is 9.48. The van der Waals surface area contributed by atoms with Crippen LogP contribution < -0.4 is 5.32 Å². The van der Waals surface area contributed by atoms with Gasteiger partial charge in [-0.1, -0.05) is 27.2 Å². The maximum atomic E-state index is 3.90. The smallest absolute Gasteiger partial charge is 0.0304 e. The average molecular weight is 293 g/mol. The highest BCUT2D eigenvalue weighted by Gasteiger charge is 2.45. The summed E-state index contributed by atoms with van der Waals surface area (Å²) in [6.45, 7) is 12.3. The summed E-state index contributed by atoms with van der Waals surface area (Å²) in [5.74, 6) is 0. The third-order valence-electron chi connectivity index (χ3n) is 6.74. The summed E-state index contributed by atoms with van der Waals surface area (Å²) in [4.78, 5) is 5.72. The van der Waals surface area contributed by atoms with Crippen LogP contribution in [0.4, 0.5) is 0 Å². The lowest BCUT2D eigenvalue weighted by Crippen LogP contribution is -2.67. The highest BCUT2D eigenvalue weighted by atomic mass is 15.3. The molecule has 0 amide bonds. The van der Waals surface area contributed by atoms with Crippen molar-refractivity contribution in [3.8, 4) is 0 Å². The van der Waals surface area contributed by atoms with Crippen molar-refractivity contribution in [2.45, 2.75) is 89.4 Å². The van der Waals surface area contributed by atoms with Crippen molar-refractivity contribution in [2.75, 3.05) is 26.2 Å². The van der Waals surface area contributed by atoms with Gasteiger partial charge >= 0.3 is 0 Å². The molecule has 3 aliphatic rings. The lowest BCUT2D eigenvalue weighted by Gasteiger charge is -2.51. The third kappa shape index (κ3) is 2.89. The molecule has 122 valence electrons. The van der Waals surface area contributed by atoms with Crippen LogP contribution in [0.2, 0.25) is 0 Å². The average Bonchev–Trinajstić information content (AvgIpc) is 2.98. The van der Waals surface area contributed by atoms with Gasteiger partial charge in [0.25, 0.3) is 0 Å². The summed E-state index contributed by atoms with van der Waals surface area (Å²) in [6.07, 6.45) is 9.54. The molecule has 21 heavy (non-hydrogen) atoms. The fraction of sp³-hybridized carbons (Fsp3) is 1.00. The molecular formula is C18H35N3. The fourth-order valence-corrected chi connectivity index (χ4v) is 5.08. The summed E-state index contributed by atoms with van der Waals surface area (Å²) in [7, 11) is 0. The number of nitrogens with zero attached hydrogens (tertiary/aromatic N) is 2. The fourth-order valence-electron chi connectivity index (χ4n) is 5.08. The standard InChI is InChI=1S/C18H35N3/c1-4-15-13-19-18(5-2,6-3)14-21(15)17-10-12-20-11-8-7-9-16(17)20/h15-17,19H,4-14H2,1-3H3. The van der Waals surface area contributed by atoms with E-state index in [2.05, 4.69) is 35.9 Å². The third-order valence-corrected chi connectivity index (χ3v) is 6.74. The van der Waals surface area contributed by atoms with Crippen LogP contribution in [0.3, 0.4) is 0 Å². The van der Waals surface area contributed by atoms with Gasteiger partial charge in [-0.3, -0.25) is 9.80 Å². The summed E-state index contributed by atoms with van der Waals surface area (Å²) < 4.78 is 0. The molecule has 0 spiro atoms. The van der Waals surface area contributed by atoms with E-state index >= 15 is 0 Å². The van der Waals surface area contributed by atoms with E-state index in [1.165, 1.54) is 71.1 Å². The van der Waals surface area contributed by atoms with Crippen molar-refractivity contribution < 1.29 is 0 Å². The number of nitrogens with one attached hydrogen (secondary N) is 1. The first-order chi connectivity index (χ1) is 10.2. The van der Waals surface area contributed by atoms with Crippen molar-refractivity contribution in [3.63, 3.8) is 0 Å². The SMILES string of the molecule is CCC1CNC(CC)(CC)CN1C1CCN2CCCCC12. The zero-order valence-electron chi connectivity index (χ0n) is 14.4. The Labute approximate surface area is 131 Å². The first kappa shape index (κ1) is 15.8. The van der Waals surface area contributed by atoms with E-state index in [0.717, 1.165) is 18.1 Å². The van der Waals surface area contributed by atoms with Crippen LogP contribution in [0.5, 0.6) is 0 Å². The van der Waals surface area contributed by atoms with Gasteiger partial charge < -0.3 is 5.32 Å². The number of piperazine rings is 1. The molecule has 1 N–H and O–H groups in total. The molecule has 3 atom stereocenters. The number of hydrogen-bond donors (Lipinski definition) is 1. The Hall–Kier alpha value is -0.120. The van der Waals surface area contributed by atoms with E-state index in [9.17, 15) is 0 Å². The van der Waals surface area contributed by atoms with Crippen molar-refractivity contribution in [2.24, 2.45) is 0 Å². The summed E-state index contributed by atoms with van der Waals surface area (Å²) in [5, 5.41) is 3.90. The molecule has 0 aromatic carbocycles. The van der Waals surface area contributed by atoms with E-state index in [0.29, 0.717) is 5.54 Å². The predicted molar refractivity (Wildman–Crippen MR) is 89.7 cm³/mol. The van der Waals surface area contributed by atoms with Crippen molar-refractivity contribution in [3.05, 3.63) is 0 Å². The zero-order chi connectivity index (χ0) is 14.9. The molecule has 0 aliphatic carbocycles. The summed E-state index contributed by atoms with van der Waals surface area (Å²) >= 11 is 0. The van der Waals surface area contributed by atoms with Gasteiger partial charge in [-0.05, 0) is 45.1 Å². The number of hydrogen-bond acceptors (Lipinski definition) is 3. The molecule has 0 bridgehead atoms. The van der Waals surface area contributed by atoms with Gasteiger partial charge in [-0.2, -0.15) is 0 Å². The molecule has 0 saturated carbocycles. The molecule has 3 aliphatic heterocycles. The molecular weight excluding hydrogens is 258 g/mol. The Morgan fingerprint density at radius 3 is 2.52 bits per heavy atom. The number of piperidine rings is 1. The second-order valence-corrected chi connectivity index (χ2v) is 7.56. The minimum atomic E-state index is 0.369. The van der Waals surface area contributed by atoms with Gasteiger partial charge in [0.15, 0.2) is 0 Å². The Balaban J connectivity index is 1.76. The predicted octanol–water partition coefficient (Wildman–Crippen LogP) is 2.86. The van der Waals surface area contributed by atoms with E-state index < -0.39 is 0 Å². The van der Waals surface area contributed by atoms with Gasteiger partial charge in [0.2, 0.25) is 0 Å². The molecule has 3 saturated heterocycles. The van der Waals surface area contributed by atoms with Crippen molar-refractivity contribution in [1.82, 2.24) is 15.1 Å². The highest BCUT2D eigenvalue weighted by Crippen LogP contribution is 2.35. The molecule has 3 heterocycles. The van der Waals surface area contributed by atoms with Gasteiger partial charge in [0.1, 0.15) is 0 Å². The minimum absolute atomic E-state index is 0.369. The lowest BCUT2D eigenvalue weighted by atomic mass is 9.85. The van der Waals surface area contributed by atoms with Crippen LogP contribution in [0.1, 0.15) is 65.7 Å². The van der Waals surface area contributed by atoms with Crippen LogP contribution in [-0.4, -0.2) is 59.6 Å². The summed E-state index contributed by atoms with van der Waals surface area (Å²) in [5.41, 5.74) is 0.369. The lowest BCUT2D eigenvalue weighted by molar-refractivity contribution is 0.0148. The molecule has 0 aromatic heterocycles. The minimum Gasteiger partial charge on any atom is -0.308 e. The Bertz CT molecular complexity index is 339. The van der Waals surface area contributed by atoms with Gasteiger partial charge in [0.05, 0.1) is 0 Å². The Morgan fingerprint density at radius 1 is 1.00 bits per heavy atom. The van der Waals surface area contributed by atoms with Crippen LogP contribution in [0.15, 0.2) is 0 Å².